The summed E-state index contributed by atoms with van der Waals surface area (Å²) in [6.45, 7) is 1.54. The summed E-state index contributed by atoms with van der Waals surface area (Å²) in [6, 6.07) is 14.9. The van der Waals surface area contributed by atoms with Crippen LogP contribution in [0.15, 0.2) is 59.7 Å². The minimum absolute atomic E-state index is 0.379. The van der Waals surface area contributed by atoms with Crippen molar-refractivity contribution in [3.63, 3.8) is 0 Å². The van der Waals surface area contributed by atoms with Gasteiger partial charge >= 0.3 is 0 Å². The zero-order valence-corrected chi connectivity index (χ0v) is 17.4. The van der Waals surface area contributed by atoms with Crippen LogP contribution < -0.4 is 14.5 Å². The normalized spacial score (nSPS) is 14.9. The van der Waals surface area contributed by atoms with Crippen LogP contribution in [0.5, 0.6) is 11.5 Å². The minimum Gasteiger partial charge on any atom is -0.457 e. The fraction of sp³-hybridized carbons (Fsp3) is 0.333. The van der Waals surface area contributed by atoms with Gasteiger partial charge < -0.3 is 4.74 Å². The summed E-state index contributed by atoms with van der Waals surface area (Å²) in [5, 5.41) is 4.14. The number of amides is 1. The number of anilines is 1. The number of ether oxygens (including phenoxy) is 1. The molecule has 7 nitrogen and oxygen atoms in total. The lowest BCUT2D eigenvalue weighted by Gasteiger charge is -2.27. The molecule has 29 heavy (non-hydrogen) atoms. The Hall–Kier alpha value is -2.87. The number of nitrogens with zero attached hydrogens (tertiary/aromatic N) is 2. The molecular weight excluding hydrogens is 390 g/mol. The van der Waals surface area contributed by atoms with Gasteiger partial charge in [-0.2, -0.15) is 5.10 Å². The molecule has 0 aliphatic heterocycles. The van der Waals surface area contributed by atoms with Gasteiger partial charge in [0.2, 0.25) is 10.0 Å². The molecule has 0 aromatic heterocycles. The molecule has 1 atom stereocenters. The summed E-state index contributed by atoms with van der Waals surface area (Å²) < 4.78 is 31.6. The van der Waals surface area contributed by atoms with Gasteiger partial charge in [0.25, 0.3) is 5.91 Å². The van der Waals surface area contributed by atoms with Gasteiger partial charge in [0.1, 0.15) is 17.5 Å². The van der Waals surface area contributed by atoms with Crippen molar-refractivity contribution in [2.24, 2.45) is 5.10 Å². The van der Waals surface area contributed by atoms with Crippen LogP contribution in [0.4, 0.5) is 5.69 Å². The number of para-hydroxylation sites is 1. The molecule has 1 saturated carbocycles. The Morgan fingerprint density at radius 1 is 1.03 bits per heavy atom. The molecule has 2 aromatic carbocycles. The Balaban J connectivity index is 1.75. The van der Waals surface area contributed by atoms with Crippen molar-refractivity contribution in [3.05, 3.63) is 54.6 Å². The Bertz CT molecular complexity index is 965. The third-order valence-corrected chi connectivity index (χ3v) is 5.91. The van der Waals surface area contributed by atoms with E-state index < -0.39 is 22.0 Å². The number of carbonyl (C=O) groups is 1. The standard InChI is InChI=1S/C21H25N3O4S/c1-16(21(25)23-22-17-8-6-7-9-17)24(29(2,26)27)18-12-14-20(15-13-18)28-19-10-4-3-5-11-19/h3-5,10-16H,6-9H2,1-2H3,(H,23,25)/t16-/m1/s1. The van der Waals surface area contributed by atoms with Gasteiger partial charge in [0, 0.05) is 5.71 Å². The van der Waals surface area contributed by atoms with Gasteiger partial charge in [-0.15, -0.1) is 0 Å². The van der Waals surface area contributed by atoms with Gasteiger partial charge in [-0.05, 0) is 69.0 Å². The fourth-order valence-corrected chi connectivity index (χ4v) is 4.39. The highest BCUT2D eigenvalue weighted by atomic mass is 32.2. The molecule has 0 saturated heterocycles. The Labute approximate surface area is 171 Å². The number of benzene rings is 2. The summed E-state index contributed by atoms with van der Waals surface area (Å²) in [4.78, 5) is 12.5. The SMILES string of the molecule is C[C@H](C(=O)NN=C1CCCC1)N(c1ccc(Oc2ccccc2)cc1)S(C)(=O)=O. The van der Waals surface area contributed by atoms with Crippen LogP contribution in [0, 0.1) is 0 Å². The second-order valence-electron chi connectivity index (χ2n) is 7.00. The van der Waals surface area contributed by atoms with Crippen LogP contribution in [-0.2, 0) is 14.8 Å². The number of hydrazone groups is 1. The topological polar surface area (TPSA) is 88.1 Å². The Morgan fingerprint density at radius 2 is 1.62 bits per heavy atom. The average Bonchev–Trinajstić information content (AvgIpc) is 3.21. The van der Waals surface area contributed by atoms with E-state index in [-0.39, 0.29) is 0 Å². The molecule has 154 valence electrons. The molecule has 0 spiro atoms. The molecule has 8 heteroatoms. The molecule has 1 N–H and O–H groups in total. The van der Waals surface area contributed by atoms with Crippen molar-refractivity contribution in [2.45, 2.75) is 38.6 Å². The maximum absolute atomic E-state index is 12.5. The van der Waals surface area contributed by atoms with Crippen LogP contribution in [0.2, 0.25) is 0 Å². The molecule has 2 aromatic rings. The molecule has 1 amide bonds. The maximum atomic E-state index is 12.5. The first-order valence-corrected chi connectivity index (χ1v) is 11.4. The van der Waals surface area contributed by atoms with Crippen molar-refractivity contribution < 1.29 is 17.9 Å². The Kier molecular flexibility index (Phi) is 6.53. The van der Waals surface area contributed by atoms with Crippen LogP contribution >= 0.6 is 0 Å². The highest BCUT2D eigenvalue weighted by molar-refractivity contribution is 7.92. The van der Waals surface area contributed by atoms with Crippen LogP contribution in [0.3, 0.4) is 0 Å². The second kappa shape index (κ2) is 9.09. The minimum atomic E-state index is -3.69. The van der Waals surface area contributed by atoms with E-state index in [0.29, 0.717) is 17.2 Å². The summed E-state index contributed by atoms with van der Waals surface area (Å²) in [5.41, 5.74) is 3.83. The number of hydrogen-bond donors (Lipinski definition) is 1. The van der Waals surface area contributed by atoms with E-state index in [1.54, 1.807) is 31.2 Å². The predicted octanol–water partition coefficient (Wildman–Crippen LogP) is 3.68. The van der Waals surface area contributed by atoms with Crippen LogP contribution in [-0.4, -0.2) is 32.3 Å². The first-order chi connectivity index (χ1) is 13.8. The lowest BCUT2D eigenvalue weighted by molar-refractivity contribution is -0.121. The van der Waals surface area contributed by atoms with E-state index in [1.807, 2.05) is 30.3 Å². The number of hydrogen-bond acceptors (Lipinski definition) is 5. The van der Waals surface area contributed by atoms with Gasteiger partial charge in [0.15, 0.2) is 0 Å². The van der Waals surface area contributed by atoms with E-state index in [9.17, 15) is 13.2 Å². The van der Waals surface area contributed by atoms with Crippen molar-refractivity contribution in [1.82, 2.24) is 5.43 Å². The first kappa shape index (κ1) is 20.9. The van der Waals surface area contributed by atoms with Gasteiger partial charge in [-0.3, -0.25) is 9.10 Å². The Morgan fingerprint density at radius 3 is 2.21 bits per heavy atom. The molecule has 3 rings (SSSR count). The zero-order chi connectivity index (χ0) is 20.9. The number of carbonyl (C=O) groups excluding carboxylic acids is 1. The second-order valence-corrected chi connectivity index (χ2v) is 8.86. The highest BCUT2D eigenvalue weighted by Gasteiger charge is 2.29. The van der Waals surface area contributed by atoms with Crippen LogP contribution in [0.1, 0.15) is 32.6 Å². The number of nitrogens with one attached hydrogen (secondary N) is 1. The lowest BCUT2D eigenvalue weighted by atomic mass is 10.2. The predicted molar refractivity (Wildman–Crippen MR) is 114 cm³/mol. The summed E-state index contributed by atoms with van der Waals surface area (Å²) in [6.07, 6.45) is 4.95. The fourth-order valence-electron chi connectivity index (χ4n) is 3.22. The maximum Gasteiger partial charge on any atom is 0.263 e. The molecule has 0 bridgehead atoms. The molecule has 0 radical (unpaired) electrons. The van der Waals surface area contributed by atoms with Crippen LogP contribution in [0.25, 0.3) is 0 Å². The molecular formula is C21H25N3O4S. The van der Waals surface area contributed by atoms with Crippen molar-refractivity contribution in [3.8, 4) is 11.5 Å². The summed E-state index contributed by atoms with van der Waals surface area (Å²) in [5.74, 6) is 0.775. The van der Waals surface area contributed by atoms with Gasteiger partial charge in [0.05, 0.1) is 11.9 Å². The number of rotatable bonds is 7. The van der Waals surface area contributed by atoms with E-state index >= 15 is 0 Å². The largest absolute Gasteiger partial charge is 0.457 e. The third kappa shape index (κ3) is 5.57. The van der Waals surface area contributed by atoms with E-state index in [4.69, 9.17) is 4.74 Å². The zero-order valence-electron chi connectivity index (χ0n) is 16.5. The molecule has 1 aliphatic carbocycles. The van der Waals surface area contributed by atoms with E-state index in [2.05, 4.69) is 10.5 Å². The summed E-state index contributed by atoms with van der Waals surface area (Å²) in [7, 11) is -3.69. The van der Waals surface area contributed by atoms with E-state index in [1.165, 1.54) is 0 Å². The average molecular weight is 416 g/mol. The smallest absolute Gasteiger partial charge is 0.263 e. The van der Waals surface area contributed by atoms with Gasteiger partial charge in [-0.1, -0.05) is 18.2 Å². The molecule has 0 unspecified atom stereocenters. The molecule has 0 heterocycles. The van der Waals surface area contributed by atoms with E-state index in [0.717, 1.165) is 42.0 Å². The van der Waals surface area contributed by atoms with Crippen molar-refractivity contribution in [1.29, 1.82) is 0 Å². The summed E-state index contributed by atoms with van der Waals surface area (Å²) >= 11 is 0. The quantitative estimate of drug-likeness (QED) is 0.699. The van der Waals surface area contributed by atoms with Gasteiger partial charge in [-0.25, -0.2) is 13.8 Å². The monoisotopic (exact) mass is 415 g/mol. The van der Waals surface area contributed by atoms with Crippen molar-refractivity contribution >= 4 is 27.3 Å². The molecule has 1 aliphatic rings. The first-order valence-electron chi connectivity index (χ1n) is 9.52. The lowest BCUT2D eigenvalue weighted by Crippen LogP contribution is -2.46. The third-order valence-electron chi connectivity index (χ3n) is 4.66. The molecule has 1 fully saturated rings. The van der Waals surface area contributed by atoms with Crippen molar-refractivity contribution in [2.75, 3.05) is 10.6 Å². The highest BCUT2D eigenvalue weighted by Crippen LogP contribution is 2.27. The number of sulfonamides is 1.